The molecule has 1 saturated heterocycles. The van der Waals surface area contributed by atoms with Crippen LogP contribution >= 0.6 is 11.6 Å². The Bertz CT molecular complexity index is 492. The van der Waals surface area contributed by atoms with Gasteiger partial charge in [-0.2, -0.15) is 0 Å². The molecule has 0 bridgehead atoms. The summed E-state index contributed by atoms with van der Waals surface area (Å²) in [6, 6.07) is 2.03. The van der Waals surface area contributed by atoms with Gasteiger partial charge in [-0.25, -0.2) is 4.98 Å². The number of hydrogen-bond donors (Lipinski definition) is 2. The SMILES string of the molecule is CC1CCCN(c2nccc(/C(N)=N/O)c2Cl)C1C. The molecule has 0 saturated carbocycles. The second-order valence-electron chi connectivity index (χ2n) is 5.03. The van der Waals surface area contributed by atoms with Gasteiger partial charge in [-0.15, -0.1) is 0 Å². The fraction of sp³-hybridized carbons (Fsp3) is 0.538. The van der Waals surface area contributed by atoms with Crippen LogP contribution in [0.3, 0.4) is 0 Å². The molecule has 0 amide bonds. The number of nitrogens with two attached hydrogens (primary N) is 1. The molecule has 0 spiro atoms. The maximum Gasteiger partial charge on any atom is 0.171 e. The molecule has 104 valence electrons. The Morgan fingerprint density at radius 1 is 1.58 bits per heavy atom. The molecule has 2 atom stereocenters. The van der Waals surface area contributed by atoms with E-state index in [1.165, 1.54) is 6.42 Å². The summed E-state index contributed by atoms with van der Waals surface area (Å²) in [6.07, 6.45) is 3.98. The Labute approximate surface area is 118 Å². The first-order valence-electron chi connectivity index (χ1n) is 6.45. The Balaban J connectivity index is 2.40. The van der Waals surface area contributed by atoms with Crippen LogP contribution in [-0.2, 0) is 0 Å². The first-order chi connectivity index (χ1) is 9.06. The third-order valence-electron chi connectivity index (χ3n) is 3.90. The number of halogens is 1. The molecule has 2 rings (SSSR count). The van der Waals surface area contributed by atoms with Crippen LogP contribution < -0.4 is 10.6 Å². The van der Waals surface area contributed by atoms with Crippen molar-refractivity contribution >= 4 is 23.3 Å². The van der Waals surface area contributed by atoms with Gasteiger partial charge in [0.25, 0.3) is 0 Å². The average Bonchev–Trinajstić information content (AvgIpc) is 2.42. The molecule has 0 aliphatic carbocycles. The standard InChI is InChI=1S/C13H19ClN4O/c1-8-4-3-7-18(9(8)2)13-11(14)10(5-6-16-13)12(15)17-19/h5-6,8-9,19H,3-4,7H2,1-2H3,(H2,15,17). The molecular weight excluding hydrogens is 264 g/mol. The molecule has 2 unspecified atom stereocenters. The van der Waals surface area contributed by atoms with Crippen LogP contribution in [-0.4, -0.2) is 28.6 Å². The van der Waals surface area contributed by atoms with Gasteiger partial charge in [-0.1, -0.05) is 23.7 Å². The zero-order chi connectivity index (χ0) is 14.0. The van der Waals surface area contributed by atoms with Gasteiger partial charge in [0.2, 0.25) is 0 Å². The van der Waals surface area contributed by atoms with Crippen LogP contribution in [0.4, 0.5) is 5.82 Å². The zero-order valence-electron chi connectivity index (χ0n) is 11.2. The lowest BCUT2D eigenvalue weighted by molar-refractivity contribution is 0.318. The molecule has 1 aliphatic rings. The Kier molecular flexibility index (Phi) is 4.14. The summed E-state index contributed by atoms with van der Waals surface area (Å²) in [5.74, 6) is 1.32. The highest BCUT2D eigenvalue weighted by Crippen LogP contribution is 2.33. The predicted octanol–water partition coefficient (Wildman–Crippen LogP) is 2.45. The fourth-order valence-electron chi connectivity index (χ4n) is 2.52. The fourth-order valence-corrected chi connectivity index (χ4v) is 2.84. The summed E-state index contributed by atoms with van der Waals surface area (Å²) in [5.41, 5.74) is 6.14. The van der Waals surface area contributed by atoms with Crippen molar-refractivity contribution in [3.05, 3.63) is 22.8 Å². The lowest BCUT2D eigenvalue weighted by Gasteiger charge is -2.39. The van der Waals surface area contributed by atoms with Crippen molar-refractivity contribution in [2.45, 2.75) is 32.7 Å². The van der Waals surface area contributed by atoms with E-state index in [0.29, 0.717) is 28.4 Å². The minimum Gasteiger partial charge on any atom is -0.409 e. The summed E-state index contributed by atoms with van der Waals surface area (Å²) in [4.78, 5) is 6.57. The number of aromatic nitrogens is 1. The number of piperidine rings is 1. The number of hydrogen-bond acceptors (Lipinski definition) is 4. The molecule has 5 nitrogen and oxygen atoms in total. The van der Waals surface area contributed by atoms with Crippen molar-refractivity contribution in [2.24, 2.45) is 16.8 Å². The monoisotopic (exact) mass is 282 g/mol. The van der Waals surface area contributed by atoms with Crippen LogP contribution in [0.1, 0.15) is 32.3 Å². The van der Waals surface area contributed by atoms with Crippen molar-refractivity contribution < 1.29 is 5.21 Å². The molecule has 6 heteroatoms. The predicted molar refractivity (Wildman–Crippen MR) is 77.0 cm³/mol. The van der Waals surface area contributed by atoms with E-state index in [1.54, 1.807) is 12.3 Å². The third-order valence-corrected chi connectivity index (χ3v) is 4.27. The Morgan fingerprint density at radius 3 is 3.00 bits per heavy atom. The summed E-state index contributed by atoms with van der Waals surface area (Å²) >= 11 is 6.35. The van der Waals surface area contributed by atoms with Gasteiger partial charge < -0.3 is 15.8 Å². The normalized spacial score (nSPS) is 24.6. The van der Waals surface area contributed by atoms with E-state index < -0.39 is 0 Å². The van der Waals surface area contributed by atoms with E-state index >= 15 is 0 Å². The topological polar surface area (TPSA) is 74.7 Å². The van der Waals surface area contributed by atoms with E-state index in [0.717, 1.165) is 13.0 Å². The summed E-state index contributed by atoms with van der Waals surface area (Å²) in [5, 5.41) is 12.2. The van der Waals surface area contributed by atoms with Gasteiger partial charge in [0.1, 0.15) is 5.82 Å². The van der Waals surface area contributed by atoms with Crippen molar-refractivity contribution in [3.8, 4) is 0 Å². The average molecular weight is 283 g/mol. The van der Waals surface area contributed by atoms with E-state index in [4.69, 9.17) is 22.5 Å². The number of nitrogens with zero attached hydrogens (tertiary/aromatic N) is 3. The van der Waals surface area contributed by atoms with Crippen LogP contribution in [0.15, 0.2) is 17.4 Å². The highest BCUT2D eigenvalue weighted by atomic mass is 35.5. The maximum atomic E-state index is 8.78. The second-order valence-corrected chi connectivity index (χ2v) is 5.41. The zero-order valence-corrected chi connectivity index (χ0v) is 11.9. The van der Waals surface area contributed by atoms with Gasteiger partial charge in [0.15, 0.2) is 5.84 Å². The smallest absolute Gasteiger partial charge is 0.171 e. The van der Waals surface area contributed by atoms with E-state index in [1.807, 2.05) is 0 Å². The van der Waals surface area contributed by atoms with Crippen molar-refractivity contribution in [2.75, 3.05) is 11.4 Å². The Morgan fingerprint density at radius 2 is 2.32 bits per heavy atom. The highest BCUT2D eigenvalue weighted by Gasteiger charge is 2.28. The van der Waals surface area contributed by atoms with E-state index in [9.17, 15) is 0 Å². The molecule has 1 aromatic heterocycles. The molecule has 2 heterocycles. The molecule has 1 fully saturated rings. The van der Waals surface area contributed by atoms with Gasteiger partial charge >= 0.3 is 0 Å². The quantitative estimate of drug-likeness (QED) is 0.378. The first kappa shape index (κ1) is 13.9. The lowest BCUT2D eigenvalue weighted by atomic mass is 9.92. The molecular formula is C13H19ClN4O. The third kappa shape index (κ3) is 2.61. The Hall–Kier alpha value is -1.49. The van der Waals surface area contributed by atoms with Crippen LogP contribution in [0, 0.1) is 5.92 Å². The molecule has 3 N–H and O–H groups in total. The van der Waals surface area contributed by atoms with Gasteiger partial charge in [0.05, 0.1) is 5.02 Å². The number of rotatable bonds is 2. The molecule has 1 aromatic rings. The van der Waals surface area contributed by atoms with E-state index in [-0.39, 0.29) is 5.84 Å². The maximum absolute atomic E-state index is 8.78. The largest absolute Gasteiger partial charge is 0.409 e. The van der Waals surface area contributed by atoms with Gasteiger partial charge in [0, 0.05) is 24.3 Å². The van der Waals surface area contributed by atoms with Crippen LogP contribution in [0.2, 0.25) is 5.02 Å². The molecule has 0 radical (unpaired) electrons. The number of anilines is 1. The molecule has 0 aromatic carbocycles. The first-order valence-corrected chi connectivity index (χ1v) is 6.83. The van der Waals surface area contributed by atoms with Gasteiger partial charge in [-0.05, 0) is 31.7 Å². The minimum absolute atomic E-state index is 0.00589. The van der Waals surface area contributed by atoms with Crippen molar-refractivity contribution in [1.82, 2.24) is 4.98 Å². The summed E-state index contributed by atoms with van der Waals surface area (Å²) < 4.78 is 0. The number of oxime groups is 1. The minimum atomic E-state index is 0.00589. The van der Waals surface area contributed by atoms with Crippen molar-refractivity contribution in [3.63, 3.8) is 0 Å². The van der Waals surface area contributed by atoms with E-state index in [2.05, 4.69) is 28.9 Å². The second kappa shape index (κ2) is 5.65. The van der Waals surface area contributed by atoms with Gasteiger partial charge in [-0.3, -0.25) is 0 Å². The number of pyridine rings is 1. The number of amidine groups is 1. The highest BCUT2D eigenvalue weighted by molar-refractivity contribution is 6.36. The summed E-state index contributed by atoms with van der Waals surface area (Å²) in [7, 11) is 0. The van der Waals surface area contributed by atoms with Crippen molar-refractivity contribution in [1.29, 1.82) is 0 Å². The molecule has 1 aliphatic heterocycles. The summed E-state index contributed by atoms with van der Waals surface area (Å²) in [6.45, 7) is 5.34. The van der Waals surface area contributed by atoms with Crippen LogP contribution in [0.5, 0.6) is 0 Å². The molecule has 19 heavy (non-hydrogen) atoms. The van der Waals surface area contributed by atoms with Crippen LogP contribution in [0.25, 0.3) is 0 Å². The lowest BCUT2D eigenvalue weighted by Crippen LogP contribution is -2.43.